The number of likely N-dealkylation sites (N-methyl/N-ethyl adjacent to an activating group) is 1. The van der Waals surface area contributed by atoms with E-state index in [2.05, 4.69) is 32.4 Å². The molecule has 3 atom stereocenters. The van der Waals surface area contributed by atoms with Crippen LogP contribution in [0.5, 0.6) is 5.75 Å². The minimum atomic E-state index is -0.458. The molecule has 0 radical (unpaired) electrons. The predicted molar refractivity (Wildman–Crippen MR) is 137 cm³/mol. The highest BCUT2D eigenvalue weighted by molar-refractivity contribution is 5.99. The number of anilines is 1. The van der Waals surface area contributed by atoms with Gasteiger partial charge in [0.25, 0.3) is 5.91 Å². The number of aromatic nitrogens is 2. The second-order valence-corrected chi connectivity index (χ2v) is 9.46. The molecule has 2 heterocycles. The highest BCUT2D eigenvalue weighted by Gasteiger charge is 2.29. The molecule has 0 bridgehead atoms. The van der Waals surface area contributed by atoms with Crippen molar-refractivity contribution in [3.63, 3.8) is 0 Å². The van der Waals surface area contributed by atoms with Crippen LogP contribution < -0.4 is 21.1 Å². The Bertz CT molecular complexity index is 1020. The Balaban J connectivity index is 1.91. The lowest BCUT2D eigenvalue weighted by atomic mass is 10.0. The van der Waals surface area contributed by atoms with Gasteiger partial charge in [-0.05, 0) is 38.0 Å². The largest absolute Gasteiger partial charge is 0.490 e. The zero-order valence-corrected chi connectivity index (χ0v) is 21.6. The highest BCUT2D eigenvalue weighted by Crippen LogP contribution is 2.26. The molecule has 1 aliphatic rings. The monoisotopic (exact) mass is 499 g/mol. The highest BCUT2D eigenvalue weighted by atomic mass is 16.5. The fourth-order valence-corrected chi connectivity index (χ4v) is 4.11. The number of ether oxygens (including phenoxy) is 2. The van der Waals surface area contributed by atoms with Crippen LogP contribution in [0.2, 0.25) is 0 Å². The number of nitrogens with two attached hydrogens (primary N) is 1. The zero-order valence-electron chi connectivity index (χ0n) is 21.6. The number of nitrogens with zero attached hydrogens (tertiary/aromatic N) is 4. The molecule has 0 aliphatic carbocycles. The van der Waals surface area contributed by atoms with Crippen LogP contribution in [0.1, 0.15) is 36.7 Å². The van der Waals surface area contributed by atoms with Gasteiger partial charge in [0.1, 0.15) is 18.7 Å². The summed E-state index contributed by atoms with van der Waals surface area (Å²) in [5.74, 6) is 0.217. The Morgan fingerprint density at radius 1 is 1.28 bits per heavy atom. The van der Waals surface area contributed by atoms with Crippen molar-refractivity contribution in [3.8, 4) is 5.75 Å². The van der Waals surface area contributed by atoms with Crippen LogP contribution in [-0.2, 0) is 11.3 Å². The van der Waals surface area contributed by atoms with Crippen molar-refractivity contribution in [2.45, 2.75) is 45.6 Å². The Morgan fingerprint density at radius 2 is 2.00 bits per heavy atom. The molecule has 2 aromatic rings. The second kappa shape index (κ2) is 12.6. The van der Waals surface area contributed by atoms with Crippen LogP contribution in [0.3, 0.4) is 0 Å². The molecule has 3 amide bonds. The van der Waals surface area contributed by atoms with Gasteiger partial charge in [-0.3, -0.25) is 9.69 Å². The van der Waals surface area contributed by atoms with Crippen LogP contribution in [0, 0.1) is 5.92 Å². The van der Waals surface area contributed by atoms with Crippen LogP contribution in [0.15, 0.2) is 36.9 Å². The third-order valence-corrected chi connectivity index (χ3v) is 6.03. The van der Waals surface area contributed by atoms with Crippen LogP contribution in [0.25, 0.3) is 0 Å². The van der Waals surface area contributed by atoms with E-state index in [1.807, 2.05) is 13.8 Å². The van der Waals surface area contributed by atoms with Crippen molar-refractivity contribution in [3.05, 3.63) is 48.0 Å². The molecule has 3 rings (SSSR count). The average Bonchev–Trinajstić information content (AvgIpc) is 2.84. The average molecular weight is 500 g/mol. The summed E-state index contributed by atoms with van der Waals surface area (Å²) in [5.41, 5.74) is 8.32. The molecule has 0 saturated carbocycles. The summed E-state index contributed by atoms with van der Waals surface area (Å²) in [4.78, 5) is 37.6. The molecule has 0 unspecified atom stereocenters. The molecule has 1 aromatic carbocycles. The molecule has 0 fully saturated rings. The number of urea groups is 1. The van der Waals surface area contributed by atoms with Crippen molar-refractivity contribution in [2.75, 3.05) is 39.2 Å². The maximum absolute atomic E-state index is 13.4. The maximum Gasteiger partial charge on any atom is 0.319 e. The van der Waals surface area contributed by atoms with E-state index in [4.69, 9.17) is 15.2 Å². The number of benzene rings is 1. The second-order valence-electron chi connectivity index (χ2n) is 9.46. The van der Waals surface area contributed by atoms with Crippen molar-refractivity contribution < 1.29 is 19.1 Å². The number of methoxy groups -OCH3 is 1. The smallest absolute Gasteiger partial charge is 0.319 e. The van der Waals surface area contributed by atoms with Crippen molar-refractivity contribution in [1.29, 1.82) is 0 Å². The summed E-state index contributed by atoms with van der Waals surface area (Å²) in [7, 11) is 3.38. The first-order chi connectivity index (χ1) is 17.2. The minimum absolute atomic E-state index is 0.0229. The number of rotatable bonds is 5. The molecule has 196 valence electrons. The molecular formula is C25H37N7O4. The molecular weight excluding hydrogens is 462 g/mol. The molecule has 1 aliphatic heterocycles. The summed E-state index contributed by atoms with van der Waals surface area (Å²) in [6.45, 7) is 7.51. The van der Waals surface area contributed by atoms with Crippen molar-refractivity contribution >= 4 is 17.6 Å². The van der Waals surface area contributed by atoms with Gasteiger partial charge in [-0.15, -0.1) is 0 Å². The number of fused-ring (bicyclic) bond motifs is 1. The summed E-state index contributed by atoms with van der Waals surface area (Å²) in [6, 6.07) is 4.62. The number of carbonyl (C=O) groups is 2. The first-order valence-corrected chi connectivity index (χ1v) is 12.0. The fraction of sp³-hybridized carbons (Fsp3) is 0.520. The Hall–Kier alpha value is -3.28. The molecule has 4 N–H and O–H groups in total. The topological polar surface area (TPSA) is 135 Å². The van der Waals surface area contributed by atoms with Gasteiger partial charge in [0.15, 0.2) is 0 Å². The summed E-state index contributed by atoms with van der Waals surface area (Å²) in [5, 5.41) is 5.54. The van der Waals surface area contributed by atoms with E-state index >= 15 is 0 Å². The van der Waals surface area contributed by atoms with Gasteiger partial charge in [-0.1, -0.05) is 6.92 Å². The normalized spacial score (nSPS) is 21.7. The van der Waals surface area contributed by atoms with Gasteiger partial charge in [0.05, 0.1) is 17.8 Å². The van der Waals surface area contributed by atoms with Gasteiger partial charge in [0, 0.05) is 63.5 Å². The molecule has 1 aromatic heterocycles. The standard InChI is InChI=1S/C25H37N7O4/c1-16(2)29-25(34)30-19-6-7-21-20(8-19)24(33)31(4)13-22(35-5)17(3)11-32(23(26)14-36-21)12-18-9-27-15-28-10-18/h6-10,15-17,22-23H,11-14,26H2,1-5H3,(H2,29,30,34)/t17-,22-,23+/m0/s1. The summed E-state index contributed by atoms with van der Waals surface area (Å²) in [6.07, 6.45) is 4.34. The predicted octanol–water partition coefficient (Wildman–Crippen LogP) is 1.91. The molecule has 0 spiro atoms. The SMILES string of the molecule is CO[C@H]1CN(C)C(=O)c2cc(NC(=O)NC(C)C)ccc2OC[C@H](N)N(Cc2cncnc2)C[C@@H]1C. The Morgan fingerprint density at radius 3 is 2.67 bits per heavy atom. The molecule has 11 nitrogen and oxygen atoms in total. The van der Waals surface area contributed by atoms with E-state index in [0.717, 1.165) is 5.56 Å². The zero-order chi connectivity index (χ0) is 26.2. The number of nitrogens with one attached hydrogen (secondary N) is 2. The van der Waals surface area contributed by atoms with E-state index in [9.17, 15) is 9.59 Å². The quantitative estimate of drug-likeness (QED) is 0.568. The lowest BCUT2D eigenvalue weighted by molar-refractivity contribution is 0.00804. The minimum Gasteiger partial charge on any atom is -0.490 e. The van der Waals surface area contributed by atoms with Gasteiger partial charge < -0.3 is 30.7 Å². The van der Waals surface area contributed by atoms with Gasteiger partial charge in [-0.25, -0.2) is 14.8 Å². The van der Waals surface area contributed by atoms with Gasteiger partial charge in [-0.2, -0.15) is 0 Å². The number of hydrogen-bond acceptors (Lipinski definition) is 8. The Labute approximate surface area is 212 Å². The third-order valence-electron chi connectivity index (χ3n) is 6.03. The summed E-state index contributed by atoms with van der Waals surface area (Å²) >= 11 is 0. The van der Waals surface area contributed by atoms with E-state index in [1.54, 1.807) is 49.7 Å². The number of amides is 3. The number of carbonyl (C=O) groups excluding carboxylic acids is 2. The van der Waals surface area contributed by atoms with Crippen LogP contribution >= 0.6 is 0 Å². The van der Waals surface area contributed by atoms with E-state index < -0.39 is 6.17 Å². The van der Waals surface area contributed by atoms with Gasteiger partial charge in [0.2, 0.25) is 0 Å². The summed E-state index contributed by atoms with van der Waals surface area (Å²) < 4.78 is 11.8. The maximum atomic E-state index is 13.4. The Kier molecular flexibility index (Phi) is 9.57. The number of hydrogen-bond donors (Lipinski definition) is 3. The van der Waals surface area contributed by atoms with Crippen molar-refractivity contribution in [2.24, 2.45) is 11.7 Å². The van der Waals surface area contributed by atoms with Gasteiger partial charge >= 0.3 is 6.03 Å². The third kappa shape index (κ3) is 7.36. The van der Waals surface area contributed by atoms with Crippen LogP contribution in [-0.4, -0.2) is 83.9 Å². The van der Waals surface area contributed by atoms with Crippen molar-refractivity contribution in [1.82, 2.24) is 25.1 Å². The lowest BCUT2D eigenvalue weighted by Gasteiger charge is -2.35. The van der Waals surface area contributed by atoms with E-state index in [1.165, 1.54) is 6.33 Å². The van der Waals surface area contributed by atoms with E-state index in [0.29, 0.717) is 36.6 Å². The fourth-order valence-electron chi connectivity index (χ4n) is 4.11. The van der Waals surface area contributed by atoms with Crippen LogP contribution in [0.4, 0.5) is 10.5 Å². The molecule has 36 heavy (non-hydrogen) atoms. The van der Waals surface area contributed by atoms with E-state index in [-0.39, 0.29) is 36.6 Å². The first kappa shape index (κ1) is 27.3. The first-order valence-electron chi connectivity index (χ1n) is 12.0. The lowest BCUT2D eigenvalue weighted by Crippen LogP contribution is -2.50. The molecule has 11 heteroatoms. The molecule has 0 saturated heterocycles.